The first-order valence-electron chi connectivity index (χ1n) is 11.7. The molecule has 0 radical (unpaired) electrons. The number of esters is 1. The second kappa shape index (κ2) is 12.1. The van der Waals surface area contributed by atoms with Crippen LogP contribution in [0.15, 0.2) is 52.4 Å². The van der Waals surface area contributed by atoms with E-state index in [1.165, 1.54) is 24.0 Å². The Bertz CT molecular complexity index is 1390. The van der Waals surface area contributed by atoms with Gasteiger partial charge in [-0.05, 0) is 67.0 Å². The highest BCUT2D eigenvalue weighted by molar-refractivity contribution is 7.98. The van der Waals surface area contributed by atoms with Gasteiger partial charge in [-0.3, -0.25) is 0 Å². The van der Waals surface area contributed by atoms with Crippen LogP contribution >= 0.6 is 11.8 Å². The number of carbonyl (C=O) groups excluding carboxylic acids is 1. The van der Waals surface area contributed by atoms with Crippen LogP contribution in [-0.2, 0) is 27.7 Å². The molecule has 1 N–H and O–H groups in total. The van der Waals surface area contributed by atoms with Crippen LogP contribution in [-0.4, -0.2) is 36.8 Å². The van der Waals surface area contributed by atoms with Crippen molar-refractivity contribution in [1.82, 2.24) is 14.3 Å². The van der Waals surface area contributed by atoms with Crippen molar-refractivity contribution in [3.8, 4) is 17.3 Å². The molecule has 10 heteroatoms. The fraction of sp³-hybridized carbons (Fsp3) is 0.346. The van der Waals surface area contributed by atoms with Crippen LogP contribution in [0.5, 0.6) is 0 Å². The number of carbonyl (C=O) groups is 1. The predicted molar refractivity (Wildman–Crippen MR) is 140 cm³/mol. The smallest absolute Gasteiger partial charge is 0.357 e. The number of nitrogens with zero attached hydrogens (tertiary/aromatic N) is 3. The Morgan fingerprint density at radius 2 is 2.00 bits per heavy atom. The molecule has 3 aromatic rings. The molecule has 0 atom stereocenters. The van der Waals surface area contributed by atoms with Crippen LogP contribution in [0.2, 0.25) is 0 Å². The molecular formula is C26H30N4O4S2. The Hall–Kier alpha value is -3.29. The monoisotopic (exact) mass is 526 g/mol. The van der Waals surface area contributed by atoms with E-state index < -0.39 is 16.0 Å². The summed E-state index contributed by atoms with van der Waals surface area (Å²) in [5.41, 5.74) is 3.85. The van der Waals surface area contributed by atoms with Gasteiger partial charge in [0, 0.05) is 13.0 Å². The molecule has 190 valence electrons. The molecule has 0 fully saturated rings. The maximum Gasteiger partial charge on any atom is 0.357 e. The van der Waals surface area contributed by atoms with Gasteiger partial charge in [-0.1, -0.05) is 37.6 Å². The Morgan fingerprint density at radius 1 is 1.22 bits per heavy atom. The van der Waals surface area contributed by atoms with Crippen molar-refractivity contribution in [2.75, 3.05) is 12.9 Å². The number of nitrogens with one attached hydrogen (secondary N) is 1. The first-order chi connectivity index (χ1) is 17.2. The Kier molecular flexibility index (Phi) is 9.18. The van der Waals surface area contributed by atoms with Crippen molar-refractivity contribution in [3.63, 3.8) is 0 Å². The Balaban J connectivity index is 2.06. The third-order valence-electron chi connectivity index (χ3n) is 5.71. The zero-order valence-corrected chi connectivity index (χ0v) is 22.5. The summed E-state index contributed by atoms with van der Waals surface area (Å²) < 4.78 is 33.8. The fourth-order valence-electron chi connectivity index (χ4n) is 3.93. The lowest BCUT2D eigenvalue weighted by Gasteiger charge is -2.14. The number of aromatic nitrogens is 2. The van der Waals surface area contributed by atoms with Crippen LogP contribution in [0.25, 0.3) is 11.1 Å². The first kappa shape index (κ1) is 27.3. The van der Waals surface area contributed by atoms with Crippen LogP contribution < -0.4 is 4.72 Å². The molecule has 0 amide bonds. The van der Waals surface area contributed by atoms with Gasteiger partial charge >= 0.3 is 5.97 Å². The number of sulfonamides is 1. The molecule has 1 aromatic heterocycles. The molecule has 0 aliphatic rings. The predicted octanol–water partition coefficient (Wildman–Crippen LogP) is 4.91. The van der Waals surface area contributed by atoms with Gasteiger partial charge in [0.1, 0.15) is 10.9 Å². The summed E-state index contributed by atoms with van der Waals surface area (Å²) in [6.45, 7) is 6.49. The number of thioether (sulfide) groups is 1. The van der Waals surface area contributed by atoms with Crippen molar-refractivity contribution in [2.24, 2.45) is 0 Å². The van der Waals surface area contributed by atoms with Crippen LogP contribution in [0, 0.1) is 18.4 Å². The van der Waals surface area contributed by atoms with E-state index >= 15 is 0 Å². The minimum atomic E-state index is -3.93. The Morgan fingerprint density at radius 3 is 2.67 bits per heavy atom. The SMILES string of the molecule is CCCCc1nc(SC)c(C(=O)OCC)n1Cc1cccc(-c2cc(S(=O)(=O)NC#N)ccc2C)c1. The van der Waals surface area contributed by atoms with E-state index in [2.05, 4.69) is 6.92 Å². The first-order valence-corrected chi connectivity index (χ1v) is 14.4. The molecule has 0 bridgehead atoms. The van der Waals surface area contributed by atoms with E-state index in [9.17, 15) is 13.2 Å². The lowest BCUT2D eigenvalue weighted by atomic mass is 9.99. The number of imidazole rings is 1. The average molecular weight is 527 g/mol. The number of hydrogen-bond acceptors (Lipinski definition) is 7. The van der Waals surface area contributed by atoms with E-state index in [1.54, 1.807) is 19.1 Å². The zero-order valence-electron chi connectivity index (χ0n) is 20.9. The van der Waals surface area contributed by atoms with Crippen molar-refractivity contribution >= 4 is 27.8 Å². The summed E-state index contributed by atoms with van der Waals surface area (Å²) in [7, 11) is -3.93. The van der Waals surface area contributed by atoms with Crippen molar-refractivity contribution in [3.05, 3.63) is 65.1 Å². The number of rotatable bonds is 11. The molecule has 3 rings (SSSR count). The number of hydrogen-bond donors (Lipinski definition) is 1. The van der Waals surface area contributed by atoms with Gasteiger partial charge in [0.2, 0.25) is 0 Å². The van der Waals surface area contributed by atoms with E-state index in [1.807, 2.05) is 46.7 Å². The topological polar surface area (TPSA) is 114 Å². The van der Waals surface area contributed by atoms with Gasteiger partial charge in [0.25, 0.3) is 10.0 Å². The number of unbranched alkanes of at least 4 members (excludes halogenated alkanes) is 1. The third kappa shape index (κ3) is 6.09. The highest BCUT2D eigenvalue weighted by Crippen LogP contribution is 2.29. The van der Waals surface area contributed by atoms with Gasteiger partial charge < -0.3 is 9.30 Å². The summed E-state index contributed by atoms with van der Waals surface area (Å²) in [5.74, 6) is 0.438. The van der Waals surface area contributed by atoms with E-state index in [0.717, 1.165) is 47.3 Å². The van der Waals surface area contributed by atoms with Crippen LogP contribution in [0.1, 0.15) is 54.1 Å². The molecule has 0 aliphatic carbocycles. The molecule has 0 unspecified atom stereocenters. The molecular weight excluding hydrogens is 496 g/mol. The maximum atomic E-state index is 12.9. The number of nitriles is 1. The van der Waals surface area contributed by atoms with Gasteiger partial charge in [-0.25, -0.2) is 22.9 Å². The molecule has 0 spiro atoms. The lowest BCUT2D eigenvalue weighted by molar-refractivity contribution is 0.0509. The molecule has 1 heterocycles. The summed E-state index contributed by atoms with van der Waals surface area (Å²) in [5, 5.41) is 9.44. The molecule has 0 aliphatic heterocycles. The van der Waals surface area contributed by atoms with Gasteiger partial charge in [0.05, 0.1) is 11.5 Å². The highest BCUT2D eigenvalue weighted by atomic mass is 32.2. The molecule has 0 saturated heterocycles. The Labute approximate surface area is 216 Å². The molecule has 2 aromatic carbocycles. The third-order valence-corrected chi connectivity index (χ3v) is 7.61. The standard InChI is InChI=1S/C26H30N4O4S2/c1-5-7-11-23-29-25(35-4)24(26(31)34-6-2)30(23)16-19-9-8-10-20(14-19)22-15-21(13-12-18(22)3)36(32,33)28-17-27/h8-10,12-15,28H,5-7,11,16H2,1-4H3. The van der Waals surface area contributed by atoms with Crippen LogP contribution in [0.3, 0.4) is 0 Å². The normalized spacial score (nSPS) is 11.2. The second-order valence-electron chi connectivity index (χ2n) is 8.19. The van der Waals surface area contributed by atoms with E-state index in [-0.39, 0.29) is 11.5 Å². The number of aryl methyl sites for hydroxylation is 2. The minimum Gasteiger partial charge on any atom is -0.461 e. The number of benzene rings is 2. The van der Waals surface area contributed by atoms with Gasteiger partial charge in [0.15, 0.2) is 11.9 Å². The second-order valence-corrected chi connectivity index (χ2v) is 10.7. The summed E-state index contributed by atoms with van der Waals surface area (Å²) in [4.78, 5) is 17.6. The minimum absolute atomic E-state index is 0.0146. The van der Waals surface area contributed by atoms with E-state index in [4.69, 9.17) is 15.0 Å². The maximum absolute atomic E-state index is 12.9. The molecule has 36 heavy (non-hydrogen) atoms. The average Bonchev–Trinajstić information content (AvgIpc) is 3.20. The van der Waals surface area contributed by atoms with Gasteiger partial charge in [-0.2, -0.15) is 5.26 Å². The highest BCUT2D eigenvalue weighted by Gasteiger charge is 2.24. The largest absolute Gasteiger partial charge is 0.461 e. The summed E-state index contributed by atoms with van der Waals surface area (Å²) in [6, 6.07) is 12.5. The lowest BCUT2D eigenvalue weighted by Crippen LogP contribution is -2.18. The molecule has 0 saturated carbocycles. The van der Waals surface area contributed by atoms with Crippen LogP contribution in [0.4, 0.5) is 0 Å². The molecule has 8 nitrogen and oxygen atoms in total. The quantitative estimate of drug-likeness (QED) is 0.163. The van der Waals surface area contributed by atoms with Crippen molar-refractivity contribution in [1.29, 1.82) is 5.26 Å². The summed E-state index contributed by atoms with van der Waals surface area (Å²) in [6.07, 6.45) is 6.07. The van der Waals surface area contributed by atoms with Gasteiger partial charge in [-0.15, -0.1) is 11.8 Å². The zero-order chi connectivity index (χ0) is 26.3. The van der Waals surface area contributed by atoms with Crippen molar-refractivity contribution in [2.45, 2.75) is 56.5 Å². The fourth-order valence-corrected chi connectivity index (χ4v) is 5.27. The van der Waals surface area contributed by atoms with E-state index in [0.29, 0.717) is 17.3 Å². The van der Waals surface area contributed by atoms with Crippen molar-refractivity contribution < 1.29 is 17.9 Å². The summed E-state index contributed by atoms with van der Waals surface area (Å²) >= 11 is 1.42. The number of ether oxygens (including phenoxy) is 1.